The summed E-state index contributed by atoms with van der Waals surface area (Å²) < 4.78 is 1.69. The number of anilines is 1. The van der Waals surface area contributed by atoms with Crippen molar-refractivity contribution in [2.24, 2.45) is 5.92 Å². The van der Waals surface area contributed by atoms with Crippen LogP contribution in [0.15, 0.2) is 12.3 Å². The standard InChI is InChI=1S/C23H33ClN6O2/c1-2-17-14-30-21(25)19(24)12-18(22(30)27-17)23(32)26-13-16-6-10-28(11-7-16)15-20(31)29-8-4-3-5-9-29/h12,14,16H,2-11,13,15,25H2,1H3,(H,26,32). The fourth-order valence-electron chi connectivity index (χ4n) is 4.64. The molecule has 32 heavy (non-hydrogen) atoms. The van der Waals surface area contributed by atoms with Crippen molar-refractivity contribution >= 4 is 34.9 Å². The monoisotopic (exact) mass is 460 g/mol. The summed E-state index contributed by atoms with van der Waals surface area (Å²) in [6.45, 7) is 6.70. The van der Waals surface area contributed by atoms with E-state index >= 15 is 0 Å². The van der Waals surface area contributed by atoms with Crippen LogP contribution in [0.4, 0.5) is 5.82 Å². The molecule has 0 atom stereocenters. The second-order valence-corrected chi connectivity index (χ2v) is 9.35. The molecule has 8 nitrogen and oxygen atoms in total. The molecule has 2 aliphatic rings. The minimum absolute atomic E-state index is 0.187. The molecule has 9 heteroatoms. The Bertz CT molecular complexity index is 977. The number of nitrogens with one attached hydrogen (secondary N) is 1. The summed E-state index contributed by atoms with van der Waals surface area (Å²) >= 11 is 6.26. The van der Waals surface area contributed by atoms with Crippen molar-refractivity contribution in [3.8, 4) is 0 Å². The Balaban J connectivity index is 1.29. The molecule has 2 amide bonds. The van der Waals surface area contributed by atoms with E-state index in [9.17, 15) is 9.59 Å². The van der Waals surface area contributed by atoms with E-state index in [1.165, 1.54) is 6.42 Å². The zero-order chi connectivity index (χ0) is 22.7. The van der Waals surface area contributed by atoms with E-state index < -0.39 is 0 Å². The zero-order valence-electron chi connectivity index (χ0n) is 18.8. The molecule has 0 saturated carbocycles. The van der Waals surface area contributed by atoms with Crippen LogP contribution in [0.25, 0.3) is 5.65 Å². The average molecular weight is 461 g/mol. The number of nitrogens with two attached hydrogens (primary N) is 1. The summed E-state index contributed by atoms with van der Waals surface area (Å²) in [5.74, 6) is 0.850. The third-order valence-corrected chi connectivity index (χ3v) is 7.01. The van der Waals surface area contributed by atoms with Crippen LogP contribution in [0.5, 0.6) is 0 Å². The largest absolute Gasteiger partial charge is 0.384 e. The molecule has 2 saturated heterocycles. The fourth-order valence-corrected chi connectivity index (χ4v) is 4.84. The van der Waals surface area contributed by atoms with Crippen LogP contribution in [0.1, 0.15) is 55.1 Å². The summed E-state index contributed by atoms with van der Waals surface area (Å²) in [5, 5.41) is 3.40. The highest BCUT2D eigenvalue weighted by Gasteiger charge is 2.25. The average Bonchev–Trinajstić information content (AvgIpc) is 3.26. The van der Waals surface area contributed by atoms with Gasteiger partial charge in [-0.1, -0.05) is 18.5 Å². The van der Waals surface area contributed by atoms with Crippen LogP contribution in [0.3, 0.4) is 0 Å². The number of halogens is 1. The molecule has 0 spiro atoms. The fraction of sp³-hybridized carbons (Fsp3) is 0.609. The third-order valence-electron chi connectivity index (χ3n) is 6.70. The van der Waals surface area contributed by atoms with Crippen LogP contribution in [-0.2, 0) is 11.2 Å². The van der Waals surface area contributed by atoms with Crippen LogP contribution in [0.2, 0.25) is 5.02 Å². The normalized spacial score (nSPS) is 18.2. The lowest BCUT2D eigenvalue weighted by Crippen LogP contribution is -2.46. The Kier molecular flexibility index (Phi) is 7.20. The number of fused-ring (bicyclic) bond motifs is 1. The molecule has 3 N–H and O–H groups in total. The molecular formula is C23H33ClN6O2. The Morgan fingerprint density at radius 3 is 2.59 bits per heavy atom. The topological polar surface area (TPSA) is 96.0 Å². The molecular weight excluding hydrogens is 428 g/mol. The minimum atomic E-state index is -0.187. The van der Waals surface area contributed by atoms with Crippen molar-refractivity contribution in [1.82, 2.24) is 24.5 Å². The van der Waals surface area contributed by atoms with Gasteiger partial charge in [-0.3, -0.25) is 18.9 Å². The van der Waals surface area contributed by atoms with E-state index in [1.807, 2.05) is 18.0 Å². The molecule has 0 unspecified atom stereocenters. The maximum Gasteiger partial charge on any atom is 0.255 e. The summed E-state index contributed by atoms with van der Waals surface area (Å²) in [7, 11) is 0. The van der Waals surface area contributed by atoms with Crippen molar-refractivity contribution < 1.29 is 9.59 Å². The number of aromatic nitrogens is 2. The van der Waals surface area contributed by atoms with Gasteiger partial charge in [-0.2, -0.15) is 0 Å². The van der Waals surface area contributed by atoms with Crippen molar-refractivity contribution in [2.45, 2.75) is 45.4 Å². The number of aryl methyl sites for hydroxylation is 1. The Morgan fingerprint density at radius 2 is 1.91 bits per heavy atom. The number of pyridine rings is 1. The van der Waals surface area contributed by atoms with Crippen LogP contribution in [-0.4, -0.2) is 70.3 Å². The number of hydrogen-bond donors (Lipinski definition) is 2. The number of likely N-dealkylation sites (tertiary alicyclic amines) is 2. The SMILES string of the molecule is CCc1cn2c(N)c(Cl)cc(C(=O)NCC3CCN(CC(=O)N4CCCCC4)CC3)c2n1. The lowest BCUT2D eigenvalue weighted by Gasteiger charge is -2.34. The van der Waals surface area contributed by atoms with Gasteiger partial charge in [0.05, 0.1) is 22.8 Å². The number of carbonyl (C=O) groups is 2. The number of amides is 2. The number of nitrogen functional groups attached to an aromatic ring is 1. The van der Waals surface area contributed by atoms with Crippen LogP contribution in [0, 0.1) is 5.92 Å². The molecule has 4 rings (SSSR count). The molecule has 4 heterocycles. The molecule has 0 aromatic carbocycles. The van der Waals surface area contributed by atoms with Gasteiger partial charge in [0.15, 0.2) is 5.65 Å². The van der Waals surface area contributed by atoms with E-state index in [2.05, 4.69) is 15.2 Å². The number of piperidine rings is 2. The first kappa shape index (κ1) is 22.9. The van der Waals surface area contributed by atoms with Crippen molar-refractivity contribution in [3.05, 3.63) is 28.5 Å². The highest BCUT2D eigenvalue weighted by atomic mass is 35.5. The number of imidazole rings is 1. The second-order valence-electron chi connectivity index (χ2n) is 8.94. The summed E-state index contributed by atoms with van der Waals surface area (Å²) in [6.07, 6.45) is 7.99. The summed E-state index contributed by atoms with van der Waals surface area (Å²) in [4.78, 5) is 34.2. The Morgan fingerprint density at radius 1 is 1.19 bits per heavy atom. The molecule has 2 aromatic heterocycles. The number of rotatable bonds is 6. The lowest BCUT2D eigenvalue weighted by molar-refractivity contribution is -0.133. The lowest BCUT2D eigenvalue weighted by atomic mass is 9.96. The second kappa shape index (κ2) is 10.1. The summed E-state index contributed by atoms with van der Waals surface area (Å²) in [6, 6.07) is 1.60. The van der Waals surface area contributed by atoms with Gasteiger partial charge in [0.1, 0.15) is 5.82 Å². The van der Waals surface area contributed by atoms with Crippen LogP contribution < -0.4 is 11.1 Å². The molecule has 0 aliphatic carbocycles. The molecule has 2 fully saturated rings. The predicted octanol–water partition coefficient (Wildman–Crippen LogP) is 2.59. The van der Waals surface area contributed by atoms with Crippen molar-refractivity contribution in [1.29, 1.82) is 0 Å². The Labute approximate surface area is 194 Å². The third kappa shape index (κ3) is 5.02. The molecule has 174 valence electrons. The maximum atomic E-state index is 12.9. The minimum Gasteiger partial charge on any atom is -0.384 e. The molecule has 0 bridgehead atoms. The Hall–Kier alpha value is -2.32. The van der Waals surface area contributed by atoms with Gasteiger partial charge in [0.2, 0.25) is 5.91 Å². The highest BCUT2D eigenvalue weighted by molar-refractivity contribution is 6.33. The quantitative estimate of drug-likeness (QED) is 0.690. The molecule has 2 aliphatic heterocycles. The van der Waals surface area contributed by atoms with Gasteiger partial charge in [-0.25, -0.2) is 4.98 Å². The maximum absolute atomic E-state index is 12.9. The van der Waals surface area contributed by atoms with E-state index in [0.717, 1.165) is 64.0 Å². The first-order chi connectivity index (χ1) is 15.5. The summed E-state index contributed by atoms with van der Waals surface area (Å²) in [5.41, 5.74) is 7.90. The first-order valence-corrected chi connectivity index (χ1v) is 12.1. The number of carbonyl (C=O) groups excluding carboxylic acids is 2. The van der Waals surface area contributed by atoms with Crippen LogP contribution >= 0.6 is 11.6 Å². The predicted molar refractivity (Wildman–Crippen MR) is 126 cm³/mol. The van der Waals surface area contributed by atoms with Gasteiger partial charge in [-0.15, -0.1) is 0 Å². The van der Waals surface area contributed by atoms with E-state index in [1.54, 1.807) is 10.5 Å². The van der Waals surface area contributed by atoms with Gasteiger partial charge in [0, 0.05) is 25.8 Å². The van der Waals surface area contributed by atoms with E-state index in [4.69, 9.17) is 17.3 Å². The smallest absolute Gasteiger partial charge is 0.255 e. The first-order valence-electron chi connectivity index (χ1n) is 11.7. The zero-order valence-corrected chi connectivity index (χ0v) is 19.5. The van der Waals surface area contributed by atoms with E-state index in [-0.39, 0.29) is 11.8 Å². The molecule has 0 radical (unpaired) electrons. The van der Waals surface area contributed by atoms with Gasteiger partial charge >= 0.3 is 0 Å². The van der Waals surface area contributed by atoms with Crippen molar-refractivity contribution in [2.75, 3.05) is 45.0 Å². The molecule has 2 aromatic rings. The van der Waals surface area contributed by atoms with Gasteiger partial charge in [-0.05, 0) is 63.6 Å². The van der Waals surface area contributed by atoms with E-state index in [0.29, 0.717) is 41.1 Å². The highest BCUT2D eigenvalue weighted by Crippen LogP contribution is 2.25. The van der Waals surface area contributed by atoms with Gasteiger partial charge in [0.25, 0.3) is 5.91 Å². The van der Waals surface area contributed by atoms with Gasteiger partial charge < -0.3 is 16.0 Å². The number of nitrogens with zero attached hydrogens (tertiary/aromatic N) is 4. The van der Waals surface area contributed by atoms with Crippen molar-refractivity contribution in [3.63, 3.8) is 0 Å². The number of hydrogen-bond acceptors (Lipinski definition) is 5.